The van der Waals surface area contributed by atoms with Crippen molar-refractivity contribution >= 4 is 33.3 Å². The van der Waals surface area contributed by atoms with Gasteiger partial charge in [0.05, 0.1) is 11.5 Å². The Hall–Kier alpha value is -1.15. The Morgan fingerprint density at radius 1 is 1.39 bits per heavy atom. The van der Waals surface area contributed by atoms with Crippen molar-refractivity contribution in [2.45, 2.75) is 13.0 Å². The molecule has 2 heterocycles. The van der Waals surface area contributed by atoms with Gasteiger partial charge in [-0.2, -0.15) is 15.0 Å². The normalized spacial score (nSPS) is 22.8. The molecule has 1 aromatic rings. The molecule has 0 bridgehead atoms. The molecule has 1 N–H and O–H groups in total. The molecule has 0 amide bonds. The smallest absolute Gasteiger partial charge is 0.231 e. The first kappa shape index (κ1) is 13.3. The SMILES string of the molecule is CNc1nc(Cl)nc(N2CCS(=O)(=O)CC2C)n1. The molecule has 0 aromatic carbocycles. The van der Waals surface area contributed by atoms with Crippen LogP contribution in [0.4, 0.5) is 11.9 Å². The van der Waals surface area contributed by atoms with E-state index >= 15 is 0 Å². The molecule has 1 saturated heterocycles. The number of nitrogens with one attached hydrogen (secondary N) is 1. The summed E-state index contributed by atoms with van der Waals surface area (Å²) in [4.78, 5) is 13.9. The highest BCUT2D eigenvalue weighted by Crippen LogP contribution is 2.20. The van der Waals surface area contributed by atoms with Crippen molar-refractivity contribution in [3.63, 3.8) is 0 Å². The van der Waals surface area contributed by atoms with Crippen molar-refractivity contribution < 1.29 is 8.42 Å². The summed E-state index contributed by atoms with van der Waals surface area (Å²) in [7, 11) is -1.28. The standard InChI is InChI=1S/C9H14ClN5O2S/c1-6-5-18(16,17)4-3-15(6)9-13-7(10)12-8(11-2)14-9/h6H,3-5H2,1-2H3,(H,11,12,13,14). The lowest BCUT2D eigenvalue weighted by Crippen LogP contribution is -2.47. The molecule has 0 spiro atoms. The number of halogens is 1. The van der Waals surface area contributed by atoms with E-state index in [1.54, 1.807) is 7.05 Å². The number of aromatic nitrogens is 3. The summed E-state index contributed by atoms with van der Waals surface area (Å²) in [5.74, 6) is 0.980. The maximum Gasteiger partial charge on any atom is 0.231 e. The monoisotopic (exact) mass is 291 g/mol. The van der Waals surface area contributed by atoms with Crippen LogP contribution in [0.5, 0.6) is 0 Å². The van der Waals surface area contributed by atoms with Crippen molar-refractivity contribution in [1.82, 2.24) is 15.0 Å². The minimum absolute atomic E-state index is 0.0879. The highest BCUT2D eigenvalue weighted by atomic mass is 35.5. The lowest BCUT2D eigenvalue weighted by molar-refractivity contribution is 0.564. The molecule has 1 unspecified atom stereocenters. The molecule has 0 aliphatic carbocycles. The highest BCUT2D eigenvalue weighted by Gasteiger charge is 2.30. The second kappa shape index (κ2) is 4.85. The van der Waals surface area contributed by atoms with Gasteiger partial charge in [-0.05, 0) is 18.5 Å². The molecule has 7 nitrogen and oxygen atoms in total. The Balaban J connectivity index is 2.29. The number of rotatable bonds is 2. The third kappa shape index (κ3) is 2.81. The summed E-state index contributed by atoms with van der Waals surface area (Å²) in [6.45, 7) is 2.19. The number of hydrogen-bond acceptors (Lipinski definition) is 7. The van der Waals surface area contributed by atoms with Gasteiger partial charge in [0.15, 0.2) is 9.84 Å². The minimum Gasteiger partial charge on any atom is -0.357 e. The second-order valence-electron chi connectivity index (χ2n) is 4.13. The van der Waals surface area contributed by atoms with E-state index in [4.69, 9.17) is 11.6 Å². The van der Waals surface area contributed by atoms with Crippen molar-refractivity contribution in [2.75, 3.05) is 35.3 Å². The van der Waals surface area contributed by atoms with E-state index in [9.17, 15) is 8.42 Å². The fourth-order valence-electron chi connectivity index (χ4n) is 1.88. The molecule has 100 valence electrons. The van der Waals surface area contributed by atoms with Crippen molar-refractivity contribution in [1.29, 1.82) is 0 Å². The maximum atomic E-state index is 11.5. The first-order valence-corrected chi connectivity index (χ1v) is 7.67. The van der Waals surface area contributed by atoms with Gasteiger partial charge < -0.3 is 10.2 Å². The second-order valence-corrected chi connectivity index (χ2v) is 6.70. The molecule has 1 aromatic heterocycles. The molecule has 2 rings (SSSR count). The predicted octanol–water partition coefficient (Wildman–Crippen LogP) is 0.190. The summed E-state index contributed by atoms with van der Waals surface area (Å²) in [5, 5.41) is 2.87. The van der Waals surface area contributed by atoms with Gasteiger partial charge in [-0.3, -0.25) is 0 Å². The summed E-state index contributed by atoms with van der Waals surface area (Å²) >= 11 is 5.80. The van der Waals surface area contributed by atoms with Crippen molar-refractivity contribution in [3.8, 4) is 0 Å². The van der Waals surface area contributed by atoms with Gasteiger partial charge in [-0.15, -0.1) is 0 Å². The quantitative estimate of drug-likeness (QED) is 0.832. The zero-order valence-electron chi connectivity index (χ0n) is 10.1. The van der Waals surface area contributed by atoms with Gasteiger partial charge in [0.1, 0.15) is 0 Å². The van der Waals surface area contributed by atoms with Gasteiger partial charge in [0.25, 0.3) is 0 Å². The van der Waals surface area contributed by atoms with Crippen LogP contribution in [0.2, 0.25) is 5.28 Å². The van der Waals surface area contributed by atoms with Crippen LogP contribution < -0.4 is 10.2 Å². The third-order valence-corrected chi connectivity index (χ3v) is 4.71. The van der Waals surface area contributed by atoms with Gasteiger partial charge in [0.2, 0.25) is 17.2 Å². The van der Waals surface area contributed by atoms with Crippen LogP contribution in [-0.2, 0) is 9.84 Å². The van der Waals surface area contributed by atoms with Crippen LogP contribution in [0.1, 0.15) is 6.92 Å². The van der Waals surface area contributed by atoms with E-state index in [2.05, 4.69) is 20.3 Å². The Kier molecular flexibility index (Phi) is 3.58. The fraction of sp³-hybridized carbons (Fsp3) is 0.667. The first-order chi connectivity index (χ1) is 8.41. The zero-order chi connectivity index (χ0) is 13.3. The molecule has 1 aliphatic heterocycles. The number of sulfone groups is 1. The minimum atomic E-state index is -2.96. The summed E-state index contributed by atoms with van der Waals surface area (Å²) in [6.07, 6.45) is 0. The van der Waals surface area contributed by atoms with Crippen molar-refractivity contribution in [3.05, 3.63) is 5.28 Å². The maximum absolute atomic E-state index is 11.5. The average molecular weight is 292 g/mol. The molecule has 9 heteroatoms. The van der Waals surface area contributed by atoms with E-state index < -0.39 is 9.84 Å². The van der Waals surface area contributed by atoms with E-state index in [0.29, 0.717) is 18.4 Å². The summed E-state index contributed by atoms with van der Waals surface area (Å²) < 4.78 is 23.0. The molecule has 1 aliphatic rings. The Morgan fingerprint density at radius 3 is 2.72 bits per heavy atom. The molecule has 0 saturated carbocycles. The van der Waals surface area contributed by atoms with Crippen LogP contribution in [0.15, 0.2) is 0 Å². The van der Waals surface area contributed by atoms with Crippen LogP contribution in [-0.4, -0.2) is 54.5 Å². The van der Waals surface area contributed by atoms with Gasteiger partial charge in [-0.25, -0.2) is 8.42 Å². The van der Waals surface area contributed by atoms with E-state index in [-0.39, 0.29) is 22.8 Å². The van der Waals surface area contributed by atoms with E-state index in [0.717, 1.165) is 0 Å². The van der Waals surface area contributed by atoms with Gasteiger partial charge in [-0.1, -0.05) is 0 Å². The first-order valence-electron chi connectivity index (χ1n) is 5.47. The summed E-state index contributed by atoms with van der Waals surface area (Å²) in [6, 6.07) is -0.174. The Labute approximate surface area is 111 Å². The third-order valence-electron chi connectivity index (χ3n) is 2.75. The van der Waals surface area contributed by atoms with Crippen LogP contribution >= 0.6 is 11.6 Å². The lowest BCUT2D eigenvalue weighted by Gasteiger charge is -2.33. The van der Waals surface area contributed by atoms with Crippen LogP contribution in [0.3, 0.4) is 0 Å². The largest absolute Gasteiger partial charge is 0.357 e. The Bertz CT molecular complexity index is 550. The van der Waals surface area contributed by atoms with Gasteiger partial charge in [0, 0.05) is 19.6 Å². The molecule has 0 radical (unpaired) electrons. The topological polar surface area (TPSA) is 88.1 Å². The highest BCUT2D eigenvalue weighted by molar-refractivity contribution is 7.91. The zero-order valence-corrected chi connectivity index (χ0v) is 11.7. The number of hydrogen-bond donors (Lipinski definition) is 1. The van der Waals surface area contributed by atoms with E-state index in [1.165, 1.54) is 0 Å². The summed E-state index contributed by atoms with van der Waals surface area (Å²) in [5.41, 5.74) is 0. The Morgan fingerprint density at radius 2 is 2.11 bits per heavy atom. The molecule has 1 fully saturated rings. The van der Waals surface area contributed by atoms with E-state index in [1.807, 2.05) is 11.8 Å². The molecular formula is C9H14ClN5O2S. The fourth-order valence-corrected chi connectivity index (χ4v) is 3.59. The molecule has 1 atom stereocenters. The lowest BCUT2D eigenvalue weighted by atomic mass is 10.3. The average Bonchev–Trinajstić information content (AvgIpc) is 2.26. The number of anilines is 2. The number of nitrogens with zero attached hydrogens (tertiary/aromatic N) is 4. The molecular weight excluding hydrogens is 278 g/mol. The van der Waals surface area contributed by atoms with Crippen LogP contribution in [0, 0.1) is 0 Å². The van der Waals surface area contributed by atoms with Crippen LogP contribution in [0.25, 0.3) is 0 Å². The molecule has 18 heavy (non-hydrogen) atoms. The van der Waals surface area contributed by atoms with Gasteiger partial charge >= 0.3 is 0 Å². The van der Waals surface area contributed by atoms with Crippen molar-refractivity contribution in [2.24, 2.45) is 0 Å². The predicted molar refractivity (Wildman–Crippen MR) is 69.8 cm³/mol.